The predicted octanol–water partition coefficient (Wildman–Crippen LogP) is 3.81. The maximum Gasteiger partial charge on any atom is 0.311 e. The quantitative estimate of drug-likeness (QED) is 0.774. The summed E-state index contributed by atoms with van der Waals surface area (Å²) < 4.78 is 10.7. The van der Waals surface area contributed by atoms with Gasteiger partial charge in [-0.15, -0.1) is 0 Å². The van der Waals surface area contributed by atoms with Crippen LogP contribution in [0.4, 0.5) is 0 Å². The highest BCUT2D eigenvalue weighted by Gasteiger charge is 2.68. The van der Waals surface area contributed by atoms with Crippen molar-refractivity contribution in [1.82, 2.24) is 0 Å². The largest absolute Gasteiger partial charge is 0.469 e. The second kappa shape index (κ2) is 6.20. The zero-order valence-electron chi connectivity index (χ0n) is 16.9. The summed E-state index contributed by atoms with van der Waals surface area (Å²) in [6, 6.07) is 0. The third-order valence-corrected chi connectivity index (χ3v) is 9.50. The predicted molar refractivity (Wildman–Crippen MR) is 99.4 cm³/mol. The molecule has 4 nitrogen and oxygen atoms in total. The summed E-state index contributed by atoms with van der Waals surface area (Å²) in [6.07, 6.45) is 8.66. The second-order valence-corrected chi connectivity index (χ2v) is 10.2. The molecule has 5 rings (SSSR count). The molecule has 0 amide bonds. The van der Waals surface area contributed by atoms with E-state index in [9.17, 15) is 9.90 Å². The first-order chi connectivity index (χ1) is 12.3. The molecule has 0 radical (unpaired) electrons. The first-order valence-corrected chi connectivity index (χ1v) is 10.6. The van der Waals surface area contributed by atoms with Crippen LogP contribution >= 0.6 is 0 Å². The molecule has 0 aromatic carbocycles. The van der Waals surface area contributed by atoms with Gasteiger partial charge in [0.15, 0.2) is 0 Å². The fourth-order valence-electron chi connectivity index (χ4n) is 8.37. The highest BCUT2D eigenvalue weighted by atomic mass is 16.5. The van der Waals surface area contributed by atoms with Crippen LogP contribution in [0.25, 0.3) is 0 Å². The van der Waals surface area contributed by atoms with Gasteiger partial charge in [0.25, 0.3) is 0 Å². The molecule has 0 aliphatic heterocycles. The number of aliphatic hydroxyl groups is 1. The van der Waals surface area contributed by atoms with Crippen molar-refractivity contribution >= 4 is 5.97 Å². The van der Waals surface area contributed by atoms with Crippen molar-refractivity contribution in [1.29, 1.82) is 0 Å². The second-order valence-electron chi connectivity index (χ2n) is 10.2. The maximum absolute atomic E-state index is 12.7. The number of carbonyl (C=O) groups excluding carboxylic acids is 1. The van der Waals surface area contributed by atoms with Crippen LogP contribution in [0.5, 0.6) is 0 Å². The highest BCUT2D eigenvalue weighted by Crippen LogP contribution is 2.72. The van der Waals surface area contributed by atoms with Crippen molar-refractivity contribution in [3.05, 3.63) is 0 Å². The summed E-state index contributed by atoms with van der Waals surface area (Å²) >= 11 is 0. The average molecular weight is 365 g/mol. The van der Waals surface area contributed by atoms with Crippen molar-refractivity contribution in [2.75, 3.05) is 20.8 Å². The van der Waals surface area contributed by atoms with Gasteiger partial charge in [-0.25, -0.2) is 0 Å². The van der Waals surface area contributed by atoms with Crippen LogP contribution in [-0.4, -0.2) is 38.0 Å². The minimum atomic E-state index is -0.364. The van der Waals surface area contributed by atoms with Crippen LogP contribution in [0.2, 0.25) is 0 Å². The normalized spacial score (nSPS) is 52.9. The lowest BCUT2D eigenvalue weighted by molar-refractivity contribution is -0.249. The van der Waals surface area contributed by atoms with Gasteiger partial charge in [-0.2, -0.15) is 0 Å². The van der Waals surface area contributed by atoms with E-state index in [0.29, 0.717) is 30.3 Å². The third kappa shape index (κ3) is 2.24. The number of ether oxygens (including phenoxy) is 2. The van der Waals surface area contributed by atoms with Crippen molar-refractivity contribution in [2.24, 2.45) is 39.9 Å². The first-order valence-electron chi connectivity index (χ1n) is 10.6. The molecule has 0 saturated heterocycles. The number of rotatable bonds is 3. The lowest BCUT2D eigenvalue weighted by Gasteiger charge is -2.69. The summed E-state index contributed by atoms with van der Waals surface area (Å²) in [5.74, 6) is 1.74. The fourth-order valence-corrected chi connectivity index (χ4v) is 8.37. The van der Waals surface area contributed by atoms with Crippen LogP contribution < -0.4 is 0 Å². The number of aliphatic hydroxyl groups excluding tert-OH is 1. The van der Waals surface area contributed by atoms with E-state index in [4.69, 9.17) is 9.47 Å². The van der Waals surface area contributed by atoms with Crippen LogP contribution in [0.1, 0.15) is 65.2 Å². The first kappa shape index (κ1) is 18.7. The summed E-state index contributed by atoms with van der Waals surface area (Å²) in [5.41, 5.74) is -0.189. The van der Waals surface area contributed by atoms with Crippen LogP contribution in [0.15, 0.2) is 0 Å². The van der Waals surface area contributed by atoms with Crippen LogP contribution in [-0.2, 0) is 14.3 Å². The number of fused-ring (bicyclic) bond motifs is 3. The van der Waals surface area contributed by atoms with E-state index in [1.807, 2.05) is 0 Å². The molecular formula is C22H36O4. The molecule has 26 heavy (non-hydrogen) atoms. The molecule has 1 N–H and O–H groups in total. The molecule has 0 heterocycles. The summed E-state index contributed by atoms with van der Waals surface area (Å²) in [4.78, 5) is 12.7. The number of methoxy groups -OCH3 is 2. The van der Waals surface area contributed by atoms with Gasteiger partial charge in [0.2, 0.25) is 0 Å². The summed E-state index contributed by atoms with van der Waals surface area (Å²) in [6.45, 7) is 5.26. The van der Waals surface area contributed by atoms with Crippen molar-refractivity contribution in [3.63, 3.8) is 0 Å². The topological polar surface area (TPSA) is 55.8 Å². The van der Waals surface area contributed by atoms with Gasteiger partial charge in [0, 0.05) is 18.4 Å². The van der Waals surface area contributed by atoms with Crippen LogP contribution in [0, 0.1) is 39.9 Å². The number of carbonyl (C=O) groups is 1. The van der Waals surface area contributed by atoms with Gasteiger partial charge in [-0.05, 0) is 75.0 Å². The molecule has 4 heteroatoms. The van der Waals surface area contributed by atoms with Gasteiger partial charge in [0.05, 0.1) is 25.2 Å². The van der Waals surface area contributed by atoms with E-state index in [2.05, 4.69) is 13.8 Å². The standard InChI is InChI=1S/C22H36O4/c1-20-8-5-9-21(2,19(24)26-4)16(20)7-11-22-10-6-14(12-17(20)22)15(13-25-3)18(22)23/h14-18,23H,5-13H2,1-4H3/t14-,15+,16+,17+,18-,20-,21-,22+/m1/s1. The Labute approximate surface area is 158 Å². The van der Waals surface area contributed by atoms with E-state index >= 15 is 0 Å². The molecule has 0 aromatic heterocycles. The van der Waals surface area contributed by atoms with Crippen LogP contribution in [0.3, 0.4) is 0 Å². The van der Waals surface area contributed by atoms with Gasteiger partial charge in [-0.1, -0.05) is 13.3 Å². The Hall–Kier alpha value is -0.610. The van der Waals surface area contributed by atoms with E-state index in [1.54, 1.807) is 7.11 Å². The minimum Gasteiger partial charge on any atom is -0.469 e. The summed E-state index contributed by atoms with van der Waals surface area (Å²) in [5, 5.41) is 11.4. The molecule has 8 atom stereocenters. The van der Waals surface area contributed by atoms with Gasteiger partial charge in [-0.3, -0.25) is 4.79 Å². The zero-order valence-corrected chi connectivity index (χ0v) is 16.9. The lowest BCUT2D eigenvalue weighted by Crippen LogP contribution is -2.67. The van der Waals surface area contributed by atoms with E-state index in [1.165, 1.54) is 26.4 Å². The molecule has 5 fully saturated rings. The molecule has 5 aliphatic rings. The van der Waals surface area contributed by atoms with Crippen molar-refractivity contribution in [2.45, 2.75) is 71.3 Å². The monoisotopic (exact) mass is 364 g/mol. The molecule has 2 bridgehead atoms. The van der Waals surface area contributed by atoms with Gasteiger partial charge in [0.1, 0.15) is 0 Å². The zero-order chi connectivity index (χ0) is 18.7. The maximum atomic E-state index is 12.7. The molecule has 5 aliphatic carbocycles. The van der Waals surface area contributed by atoms with Gasteiger partial charge >= 0.3 is 5.97 Å². The summed E-state index contributed by atoms with van der Waals surface area (Å²) in [7, 11) is 3.29. The Morgan fingerprint density at radius 2 is 1.81 bits per heavy atom. The third-order valence-electron chi connectivity index (χ3n) is 9.50. The Balaban J connectivity index is 1.71. The number of esters is 1. The highest BCUT2D eigenvalue weighted by molar-refractivity contribution is 5.77. The molecule has 0 aromatic rings. The number of hydrogen-bond acceptors (Lipinski definition) is 4. The smallest absolute Gasteiger partial charge is 0.311 e. The Kier molecular flexibility index (Phi) is 4.47. The molecule has 0 unspecified atom stereocenters. The Morgan fingerprint density at radius 3 is 2.50 bits per heavy atom. The van der Waals surface area contributed by atoms with E-state index in [-0.39, 0.29) is 28.3 Å². The van der Waals surface area contributed by atoms with Crippen molar-refractivity contribution in [3.8, 4) is 0 Å². The molecule has 148 valence electrons. The fraction of sp³-hybridized carbons (Fsp3) is 0.955. The minimum absolute atomic E-state index is 0.0249. The molecule has 5 saturated carbocycles. The SMILES string of the molecule is COC[C@H]1[C@@H]2CC[C@@]3(CC[C@H]4[C@@](C)(CCC[C@@]4(C)C(=O)OC)[C@@H]3C2)[C@@H]1O. The lowest BCUT2D eigenvalue weighted by atomic mass is 9.35. The average Bonchev–Trinajstić information content (AvgIpc) is 2.63. The Morgan fingerprint density at radius 1 is 1.08 bits per heavy atom. The van der Waals surface area contributed by atoms with Crippen molar-refractivity contribution < 1.29 is 19.4 Å². The van der Waals surface area contributed by atoms with Gasteiger partial charge < -0.3 is 14.6 Å². The Bertz CT molecular complexity index is 576. The number of hydrogen-bond donors (Lipinski definition) is 1. The molecular weight excluding hydrogens is 328 g/mol. The van der Waals surface area contributed by atoms with E-state index in [0.717, 1.165) is 32.1 Å². The van der Waals surface area contributed by atoms with E-state index < -0.39 is 0 Å². The molecule has 1 spiro atoms.